The second kappa shape index (κ2) is 37.9. The maximum Gasteiger partial charge on any atom is 0.519 e. The molecule has 2 aromatic rings. The molecule has 0 aliphatic rings. The zero-order valence-electron chi connectivity index (χ0n) is 39.0. The summed E-state index contributed by atoms with van der Waals surface area (Å²) in [4.78, 5) is 35.2. The number of nitro benzene ring substituents is 2. The number of rotatable bonds is 42. The maximum absolute atomic E-state index is 13.0. The molecular weight excluding hydrogens is 785 g/mol. The van der Waals surface area contributed by atoms with Gasteiger partial charge in [-0.2, -0.15) is 0 Å². The van der Waals surface area contributed by atoms with Gasteiger partial charge in [-0.15, -0.1) is 0 Å². The standard InChI is InChI=1S/C51H84N2O9/c1-3-5-7-9-11-13-15-17-19-21-23-25-27-29-39-59-41-31-33-45-43-47(52(55)56)35-37-49(45)61-51(54)62-50-38-36-48(53(57)58)44-46(50)34-32-42-60-40-30-28-26-24-22-20-18-16-14-12-10-8-6-4-2/h35-38,43-44H,3-34,39-42H2,1-2H3. The van der Waals surface area contributed by atoms with Gasteiger partial charge in [-0.3, -0.25) is 20.2 Å². The smallest absolute Gasteiger partial charge is 0.394 e. The average molecular weight is 869 g/mol. The van der Waals surface area contributed by atoms with E-state index in [1.807, 2.05) is 0 Å². The minimum Gasteiger partial charge on any atom is -0.394 e. The van der Waals surface area contributed by atoms with Crippen LogP contribution in [0.2, 0.25) is 0 Å². The van der Waals surface area contributed by atoms with Crippen molar-refractivity contribution < 1.29 is 33.6 Å². The van der Waals surface area contributed by atoms with Gasteiger partial charge >= 0.3 is 6.16 Å². The van der Waals surface area contributed by atoms with Crippen molar-refractivity contribution in [1.82, 2.24) is 0 Å². The number of nitro groups is 2. The van der Waals surface area contributed by atoms with Gasteiger partial charge in [-0.25, -0.2) is 4.79 Å². The van der Waals surface area contributed by atoms with E-state index in [1.165, 1.54) is 190 Å². The number of non-ortho nitro benzene ring substituents is 2. The summed E-state index contributed by atoms with van der Waals surface area (Å²) in [7, 11) is 0. The Morgan fingerprint density at radius 2 is 0.694 bits per heavy atom. The zero-order valence-corrected chi connectivity index (χ0v) is 39.0. The number of carbonyl (C=O) groups is 1. The Morgan fingerprint density at radius 1 is 0.419 bits per heavy atom. The fraction of sp³-hybridized carbons (Fsp3) is 0.745. The minimum atomic E-state index is -1.03. The predicted octanol–water partition coefficient (Wildman–Crippen LogP) is 15.9. The first-order valence-electron chi connectivity index (χ1n) is 25.0. The molecule has 11 heteroatoms. The molecule has 0 saturated heterocycles. The molecule has 0 unspecified atom stereocenters. The number of hydrogen-bond acceptors (Lipinski definition) is 9. The molecule has 0 atom stereocenters. The van der Waals surface area contributed by atoms with Crippen molar-refractivity contribution in [3.8, 4) is 11.5 Å². The van der Waals surface area contributed by atoms with E-state index in [0.717, 1.165) is 25.7 Å². The van der Waals surface area contributed by atoms with Gasteiger partial charge in [0.25, 0.3) is 11.4 Å². The third kappa shape index (κ3) is 28.2. The largest absolute Gasteiger partial charge is 0.519 e. The lowest BCUT2D eigenvalue weighted by Crippen LogP contribution is -2.16. The van der Waals surface area contributed by atoms with Crippen LogP contribution in [0.25, 0.3) is 0 Å². The Morgan fingerprint density at radius 3 is 0.984 bits per heavy atom. The highest BCUT2D eigenvalue weighted by Gasteiger charge is 2.19. The lowest BCUT2D eigenvalue weighted by atomic mass is 10.0. The molecule has 0 aliphatic heterocycles. The van der Waals surface area contributed by atoms with Crippen molar-refractivity contribution in [2.75, 3.05) is 26.4 Å². The van der Waals surface area contributed by atoms with Gasteiger partial charge < -0.3 is 18.9 Å². The second-order valence-corrected chi connectivity index (χ2v) is 17.2. The van der Waals surface area contributed by atoms with Crippen LogP contribution in [0, 0.1) is 20.2 Å². The fourth-order valence-electron chi connectivity index (χ4n) is 7.88. The van der Waals surface area contributed by atoms with Crippen LogP contribution in [0.1, 0.15) is 218 Å². The van der Waals surface area contributed by atoms with Gasteiger partial charge in [-0.05, 0) is 50.7 Å². The van der Waals surface area contributed by atoms with Gasteiger partial charge in [0.2, 0.25) is 0 Å². The predicted molar refractivity (Wildman–Crippen MR) is 252 cm³/mol. The highest BCUT2D eigenvalue weighted by Crippen LogP contribution is 2.29. The number of ether oxygens (including phenoxy) is 4. The monoisotopic (exact) mass is 869 g/mol. The molecule has 0 N–H and O–H groups in total. The topological polar surface area (TPSA) is 140 Å². The summed E-state index contributed by atoms with van der Waals surface area (Å²) < 4.78 is 22.8. The van der Waals surface area contributed by atoms with Crippen LogP contribution in [-0.4, -0.2) is 42.4 Å². The van der Waals surface area contributed by atoms with E-state index in [9.17, 15) is 25.0 Å². The fourth-order valence-corrected chi connectivity index (χ4v) is 7.88. The minimum absolute atomic E-state index is 0.103. The van der Waals surface area contributed by atoms with Crippen molar-refractivity contribution in [2.24, 2.45) is 0 Å². The molecule has 0 amide bonds. The lowest BCUT2D eigenvalue weighted by Gasteiger charge is -2.13. The van der Waals surface area contributed by atoms with Crippen LogP contribution < -0.4 is 9.47 Å². The molecule has 0 radical (unpaired) electrons. The van der Waals surface area contributed by atoms with E-state index >= 15 is 0 Å². The van der Waals surface area contributed by atoms with Gasteiger partial charge in [-0.1, -0.05) is 181 Å². The number of unbranched alkanes of at least 4 members (excludes halogenated alkanes) is 26. The third-order valence-corrected chi connectivity index (χ3v) is 11.7. The van der Waals surface area contributed by atoms with Gasteiger partial charge in [0.15, 0.2) is 0 Å². The number of carbonyl (C=O) groups excluding carboxylic acids is 1. The molecule has 0 heterocycles. The first kappa shape index (κ1) is 54.6. The van der Waals surface area contributed by atoms with Gasteiger partial charge in [0.1, 0.15) is 11.5 Å². The van der Waals surface area contributed by atoms with Crippen LogP contribution in [0.5, 0.6) is 11.5 Å². The molecule has 0 spiro atoms. The number of benzene rings is 2. The normalized spacial score (nSPS) is 11.3. The number of nitrogens with zero attached hydrogens (tertiary/aromatic N) is 2. The van der Waals surface area contributed by atoms with E-state index in [0.29, 0.717) is 63.2 Å². The Labute approximate surface area is 375 Å². The van der Waals surface area contributed by atoms with Gasteiger partial charge in [0, 0.05) is 61.8 Å². The number of hydrogen-bond donors (Lipinski definition) is 0. The molecule has 2 rings (SSSR count). The van der Waals surface area contributed by atoms with E-state index in [4.69, 9.17) is 18.9 Å². The van der Waals surface area contributed by atoms with E-state index in [2.05, 4.69) is 13.8 Å². The zero-order chi connectivity index (χ0) is 44.7. The summed E-state index contributed by atoms with van der Waals surface area (Å²) in [5, 5.41) is 23.1. The van der Waals surface area contributed by atoms with Crippen LogP contribution in [-0.2, 0) is 22.3 Å². The van der Waals surface area contributed by atoms with Crippen LogP contribution in [0.15, 0.2) is 36.4 Å². The van der Waals surface area contributed by atoms with E-state index < -0.39 is 16.0 Å². The summed E-state index contributed by atoms with van der Waals surface area (Å²) in [6.45, 7) is 6.84. The first-order chi connectivity index (χ1) is 30.3. The summed E-state index contributed by atoms with van der Waals surface area (Å²) in [5.41, 5.74) is 0.786. The summed E-state index contributed by atoms with van der Waals surface area (Å²) in [5.74, 6) is 0.320. The van der Waals surface area contributed by atoms with E-state index in [1.54, 1.807) is 0 Å². The van der Waals surface area contributed by atoms with Crippen LogP contribution in [0.3, 0.4) is 0 Å². The Bertz CT molecular complexity index is 1350. The van der Waals surface area contributed by atoms with Crippen molar-refractivity contribution in [2.45, 2.75) is 219 Å². The highest BCUT2D eigenvalue weighted by molar-refractivity contribution is 5.69. The lowest BCUT2D eigenvalue weighted by molar-refractivity contribution is -0.385. The van der Waals surface area contributed by atoms with Crippen molar-refractivity contribution in [3.05, 3.63) is 67.8 Å². The average Bonchev–Trinajstić information content (AvgIpc) is 3.26. The molecule has 0 bridgehead atoms. The Hall–Kier alpha value is -3.57. The molecule has 0 aromatic heterocycles. The van der Waals surface area contributed by atoms with Gasteiger partial charge in [0.05, 0.1) is 9.85 Å². The molecule has 0 saturated carbocycles. The summed E-state index contributed by atoms with van der Waals surface area (Å²) in [6.07, 6.45) is 37.4. The van der Waals surface area contributed by atoms with Crippen molar-refractivity contribution in [3.63, 3.8) is 0 Å². The summed E-state index contributed by atoms with van der Waals surface area (Å²) in [6, 6.07) is 8.19. The molecule has 0 fully saturated rings. The van der Waals surface area contributed by atoms with Crippen molar-refractivity contribution in [1.29, 1.82) is 0 Å². The Balaban J connectivity index is 1.68. The second-order valence-electron chi connectivity index (χ2n) is 17.2. The highest BCUT2D eigenvalue weighted by atomic mass is 16.7. The quantitative estimate of drug-likeness (QED) is 0.0210. The maximum atomic E-state index is 13.0. The molecule has 0 aliphatic carbocycles. The molecule has 11 nitrogen and oxygen atoms in total. The molecule has 62 heavy (non-hydrogen) atoms. The van der Waals surface area contributed by atoms with Crippen LogP contribution in [0.4, 0.5) is 16.2 Å². The van der Waals surface area contributed by atoms with Crippen molar-refractivity contribution >= 4 is 17.5 Å². The SMILES string of the molecule is CCCCCCCCCCCCCCCCOCCCc1cc([N+](=O)[O-])ccc1OC(=O)Oc1ccc([N+](=O)[O-])cc1CCCOCCCCCCCCCCCCCCCC. The third-order valence-electron chi connectivity index (χ3n) is 11.7. The first-order valence-corrected chi connectivity index (χ1v) is 25.0. The van der Waals surface area contributed by atoms with Crippen LogP contribution >= 0.6 is 0 Å². The Kier molecular flexibility index (Phi) is 33.4. The molecule has 352 valence electrons. The van der Waals surface area contributed by atoms with E-state index in [-0.39, 0.29) is 22.9 Å². The summed E-state index contributed by atoms with van der Waals surface area (Å²) >= 11 is 0. The molecular formula is C51H84N2O9. The number of aryl methyl sites for hydroxylation is 2. The molecule has 2 aromatic carbocycles.